The van der Waals surface area contributed by atoms with Crippen LogP contribution in [0, 0.1) is 0 Å². The molecule has 0 N–H and O–H groups in total. The molecule has 0 aliphatic rings. The van der Waals surface area contributed by atoms with Gasteiger partial charge in [-0.05, 0) is 11.0 Å². The van der Waals surface area contributed by atoms with Gasteiger partial charge in [-0.3, -0.25) is 0 Å². The van der Waals surface area contributed by atoms with E-state index in [1.165, 1.54) is 0 Å². The van der Waals surface area contributed by atoms with Gasteiger partial charge in [0.25, 0.3) is 0 Å². The van der Waals surface area contributed by atoms with Crippen LogP contribution < -0.4 is 0 Å². The van der Waals surface area contributed by atoms with E-state index in [1.807, 2.05) is 0 Å². The fourth-order valence-corrected chi connectivity index (χ4v) is 0. The van der Waals surface area contributed by atoms with Crippen LogP contribution in [0.4, 0.5) is 0 Å². The summed E-state index contributed by atoms with van der Waals surface area (Å²) in [6.07, 6.45) is 0. The van der Waals surface area contributed by atoms with Crippen molar-refractivity contribution >= 4 is 28.3 Å². The van der Waals surface area contributed by atoms with Crippen molar-refractivity contribution in [1.82, 2.24) is 0 Å². The molecule has 0 saturated carbocycles. The van der Waals surface area contributed by atoms with Crippen LogP contribution >= 0.6 is 0 Å². The van der Waals surface area contributed by atoms with Crippen molar-refractivity contribution in [2.75, 3.05) is 0 Å². The Bertz CT molecular complexity index is 8.00. The van der Waals surface area contributed by atoms with E-state index in [0.29, 0.717) is 21.0 Å². The summed E-state index contributed by atoms with van der Waals surface area (Å²) < 4.78 is 8.30. The predicted molar refractivity (Wildman–Crippen MR) is 22.0 cm³/mol. The predicted octanol–water partition coefficient (Wildman–Crippen LogP) is -2.76. The maximum absolute atomic E-state index is 8.30. The third kappa shape index (κ3) is 10.4. The number of rotatable bonds is 0. The molecule has 0 saturated heterocycles. The fourth-order valence-electron chi connectivity index (χ4n) is 0. The van der Waals surface area contributed by atoms with E-state index < -0.39 is 0 Å². The first-order valence-corrected chi connectivity index (χ1v) is 1.08. The van der Waals surface area contributed by atoms with E-state index >= 15 is 0 Å². The van der Waals surface area contributed by atoms with Crippen molar-refractivity contribution in [3.8, 4) is 0 Å². The fraction of sp³-hybridized carbons (Fsp3) is 0. The van der Waals surface area contributed by atoms with E-state index in [1.54, 1.807) is 0 Å². The molecule has 0 radical (unpaired) electrons. The molecule has 0 fully saturated rings. The molecule has 0 aliphatic heterocycles. The minimum Gasteiger partial charge on any atom is -0.0149 e. The molecule has 0 rings (SSSR count). The topological polar surface area (TPSA) is 17.1 Å². The Morgan fingerprint density at radius 3 is 1.25 bits per heavy atom. The maximum atomic E-state index is 8.30. The second-order valence-electron chi connectivity index (χ2n) is 0. The van der Waals surface area contributed by atoms with Crippen molar-refractivity contribution in [1.29, 1.82) is 0 Å². The molecule has 4 heavy (non-hydrogen) atoms. The second-order valence-corrected chi connectivity index (χ2v) is 0. The molecule has 0 bridgehead atoms. The van der Waals surface area contributed by atoms with Gasteiger partial charge in [-0.25, -0.2) is 0 Å². The Kier molecular flexibility index (Phi) is 130. The summed E-state index contributed by atoms with van der Waals surface area (Å²) >= 11 is 0.500. The van der Waals surface area contributed by atoms with Crippen molar-refractivity contribution in [3.05, 3.63) is 0 Å². The van der Waals surface area contributed by atoms with Crippen molar-refractivity contribution < 1.29 is 24.3 Å². The molecule has 0 unspecified atom stereocenters. The Labute approximate surface area is 52.6 Å². The summed E-state index contributed by atoms with van der Waals surface area (Å²) in [7, 11) is 0. The van der Waals surface area contributed by atoms with Crippen molar-refractivity contribution in [2.45, 2.75) is 0 Å². The molecule has 0 heterocycles. The summed E-state index contributed by atoms with van der Waals surface area (Å²) in [5.74, 6) is 0. The third-order valence-corrected chi connectivity index (χ3v) is 0. The van der Waals surface area contributed by atoms with Gasteiger partial charge >= 0.3 is 24.3 Å². The van der Waals surface area contributed by atoms with Crippen molar-refractivity contribution in [3.63, 3.8) is 0 Å². The molecule has 0 aromatic rings. The molecule has 0 amide bonds. The molecule has 0 atom stereocenters. The zero-order valence-corrected chi connectivity index (χ0v) is 3.05. The van der Waals surface area contributed by atoms with E-state index in [9.17, 15) is 0 Å². The third-order valence-electron chi connectivity index (χ3n) is 0. The Hall–Kier alpha value is 1.29. The van der Waals surface area contributed by atoms with Crippen LogP contribution in [0.5, 0.6) is 0 Å². The SMILES string of the molecule is [AlH3].[O]=[Nb].[SiH4]. The summed E-state index contributed by atoms with van der Waals surface area (Å²) in [4.78, 5) is 0. The zero-order valence-electron chi connectivity index (χ0n) is 0.855. The average molecular weight is 171 g/mol. The first kappa shape index (κ1) is 18.6. The smallest absolute Gasteiger partial charge is 0.0149 e. The normalized spacial score (nSPS) is 0.750. The van der Waals surface area contributed by atoms with Gasteiger partial charge in [0.15, 0.2) is 17.4 Å². The van der Waals surface area contributed by atoms with Crippen LogP contribution in [0.2, 0.25) is 0 Å². The average Bonchev–Trinajstić information content (AvgIpc) is 1.00. The van der Waals surface area contributed by atoms with Gasteiger partial charge in [-0.1, -0.05) is 0 Å². The molecular weight excluding hydrogens is 164 g/mol. The minimum atomic E-state index is 0. The van der Waals surface area contributed by atoms with Gasteiger partial charge in [0.05, 0.1) is 0 Å². The van der Waals surface area contributed by atoms with E-state index in [2.05, 4.69) is 0 Å². The van der Waals surface area contributed by atoms with Crippen LogP contribution in [-0.2, 0) is 24.3 Å². The van der Waals surface area contributed by atoms with Crippen LogP contribution in [0.25, 0.3) is 0 Å². The molecule has 4 heteroatoms. The maximum Gasteiger partial charge on any atom is -0.0149 e. The minimum absolute atomic E-state index is 0. The van der Waals surface area contributed by atoms with Crippen molar-refractivity contribution in [2.24, 2.45) is 0 Å². The largest absolute Gasteiger partial charge is 0.0149 e. The van der Waals surface area contributed by atoms with E-state index in [4.69, 9.17) is 3.25 Å². The molecule has 0 spiro atoms. The Morgan fingerprint density at radius 2 is 1.25 bits per heavy atom. The Morgan fingerprint density at radius 1 is 1.25 bits per heavy atom. The van der Waals surface area contributed by atoms with Gasteiger partial charge in [-0.2, -0.15) is 0 Å². The van der Waals surface area contributed by atoms with Crippen LogP contribution in [0.3, 0.4) is 0 Å². The van der Waals surface area contributed by atoms with Gasteiger partial charge in [0.1, 0.15) is 0 Å². The number of hydrogen-bond donors (Lipinski definition) is 0. The van der Waals surface area contributed by atoms with E-state index in [0.717, 1.165) is 0 Å². The monoisotopic (exact) mass is 171 g/mol. The summed E-state index contributed by atoms with van der Waals surface area (Å²) in [5.41, 5.74) is 0. The molecule has 0 aromatic heterocycles. The first-order valence-electron chi connectivity index (χ1n) is 0.183. The standard InChI is InChI=1S/Al.Nb.O.H4Si.3H/h;;;1H4;;;. The molecule has 0 aromatic carbocycles. The molecule has 0 aliphatic carbocycles. The quantitative estimate of drug-likeness (QED) is 0.361. The second kappa shape index (κ2) is 27.9. The van der Waals surface area contributed by atoms with Gasteiger partial charge in [-0.15, -0.1) is 0 Å². The summed E-state index contributed by atoms with van der Waals surface area (Å²) in [6, 6.07) is 0. The zero-order chi connectivity index (χ0) is 2.00. The van der Waals surface area contributed by atoms with Crippen LogP contribution in [0.15, 0.2) is 0 Å². The van der Waals surface area contributed by atoms with Gasteiger partial charge in [0, 0.05) is 0 Å². The summed E-state index contributed by atoms with van der Waals surface area (Å²) in [5, 5.41) is 0. The van der Waals surface area contributed by atoms with Gasteiger partial charge < -0.3 is 0 Å². The van der Waals surface area contributed by atoms with Crippen LogP contribution in [-0.4, -0.2) is 28.3 Å². The first-order chi connectivity index (χ1) is 1.00. The molecular formula is H7AlNbOSi. The van der Waals surface area contributed by atoms with E-state index in [-0.39, 0.29) is 28.3 Å². The van der Waals surface area contributed by atoms with Gasteiger partial charge in [0.2, 0.25) is 0 Å². The molecule has 1 nitrogen and oxygen atoms in total. The summed E-state index contributed by atoms with van der Waals surface area (Å²) in [6.45, 7) is 0. The Balaban J connectivity index is -0.00000000500. The molecule has 25 valence electrons. The number of hydrogen-bond acceptors (Lipinski definition) is 1. The van der Waals surface area contributed by atoms with Crippen LogP contribution in [0.1, 0.15) is 0 Å².